The van der Waals surface area contributed by atoms with Gasteiger partial charge in [-0.05, 0) is 57.9 Å². The van der Waals surface area contributed by atoms with Crippen molar-refractivity contribution in [1.29, 1.82) is 0 Å². The average molecular weight is 599 g/mol. The van der Waals surface area contributed by atoms with Crippen molar-refractivity contribution in [3.05, 3.63) is 53.6 Å². The summed E-state index contributed by atoms with van der Waals surface area (Å²) >= 11 is 0. The number of ether oxygens (including phenoxy) is 2. The van der Waals surface area contributed by atoms with E-state index in [1.54, 1.807) is 26.8 Å². The topological polar surface area (TPSA) is 187 Å². The number of nitrogen functional groups attached to an aromatic ring is 1. The Kier molecular flexibility index (Phi) is 8.57. The van der Waals surface area contributed by atoms with Crippen LogP contribution in [0, 0.1) is 19.8 Å². The van der Waals surface area contributed by atoms with Gasteiger partial charge in [-0.25, -0.2) is 19.5 Å². The molecule has 14 heteroatoms. The van der Waals surface area contributed by atoms with Gasteiger partial charge >= 0.3 is 12.1 Å². The highest BCUT2D eigenvalue weighted by Gasteiger charge is 2.37. The standard InChI is InChI=1S/C28H34N6O7S/c1-16-8-6-9-17(2)24(16)20-13-22(32-26(30-20)33-42(38,39)23-11-7-10-21(29)31-23)40-19-12-18(25(35)36)14-34(15-19)27(37)41-28(3,4)5/h6-11,13,18-19H,12,14-15H2,1-5H3,(H2,29,31)(H,35,36)(H,30,32,33). The number of hydrogen-bond acceptors (Lipinski definition) is 10. The van der Waals surface area contributed by atoms with Gasteiger partial charge in [-0.1, -0.05) is 24.3 Å². The van der Waals surface area contributed by atoms with E-state index in [9.17, 15) is 23.1 Å². The second kappa shape index (κ2) is 11.8. The molecule has 1 amide bonds. The highest BCUT2D eigenvalue weighted by atomic mass is 32.2. The summed E-state index contributed by atoms with van der Waals surface area (Å²) in [5.74, 6) is -2.28. The lowest BCUT2D eigenvalue weighted by molar-refractivity contribution is -0.144. The summed E-state index contributed by atoms with van der Waals surface area (Å²) in [4.78, 5) is 38.6. The molecule has 3 aromatic rings. The van der Waals surface area contributed by atoms with Crippen molar-refractivity contribution in [3.8, 4) is 17.1 Å². The van der Waals surface area contributed by atoms with E-state index < -0.39 is 39.7 Å². The number of pyridine rings is 1. The number of aromatic nitrogens is 3. The Morgan fingerprint density at radius 3 is 2.33 bits per heavy atom. The molecule has 0 radical (unpaired) electrons. The summed E-state index contributed by atoms with van der Waals surface area (Å²) in [5.41, 5.74) is 7.78. The van der Waals surface area contributed by atoms with E-state index in [1.165, 1.54) is 23.1 Å². The number of likely N-dealkylation sites (tertiary alicyclic amines) is 1. The summed E-state index contributed by atoms with van der Waals surface area (Å²) < 4.78 is 40.2. The third-order valence-corrected chi connectivity index (χ3v) is 7.62. The number of aliphatic carboxylic acids is 1. The fourth-order valence-corrected chi connectivity index (χ4v) is 5.51. The first-order chi connectivity index (χ1) is 19.6. The molecule has 0 aliphatic carbocycles. The second-order valence-corrected chi connectivity index (χ2v) is 12.7. The average Bonchev–Trinajstić information content (AvgIpc) is 2.87. The Morgan fingerprint density at radius 2 is 1.71 bits per heavy atom. The summed E-state index contributed by atoms with van der Waals surface area (Å²) in [6, 6.07) is 11.4. The van der Waals surface area contributed by atoms with Crippen LogP contribution in [0.5, 0.6) is 5.88 Å². The number of sulfonamides is 1. The van der Waals surface area contributed by atoms with E-state index in [0.29, 0.717) is 5.69 Å². The third-order valence-electron chi connectivity index (χ3n) is 6.39. The summed E-state index contributed by atoms with van der Waals surface area (Å²) in [5, 5.41) is 9.43. The molecule has 1 aliphatic rings. The van der Waals surface area contributed by atoms with Crippen molar-refractivity contribution in [2.75, 3.05) is 23.5 Å². The summed E-state index contributed by atoms with van der Waals surface area (Å²) in [7, 11) is -4.23. The van der Waals surface area contributed by atoms with Crippen molar-refractivity contribution >= 4 is 33.9 Å². The normalized spacial score (nSPS) is 17.4. The van der Waals surface area contributed by atoms with E-state index in [4.69, 9.17) is 15.2 Å². The third kappa shape index (κ3) is 7.43. The lowest BCUT2D eigenvalue weighted by Gasteiger charge is -2.36. The number of nitrogens with one attached hydrogen (secondary N) is 1. The zero-order valence-electron chi connectivity index (χ0n) is 24.0. The maximum atomic E-state index is 13.1. The molecule has 224 valence electrons. The Balaban J connectivity index is 1.71. The zero-order chi connectivity index (χ0) is 30.8. The molecule has 0 spiro atoms. The van der Waals surface area contributed by atoms with Crippen LogP contribution in [-0.4, -0.2) is 70.2 Å². The van der Waals surface area contributed by atoms with Crippen LogP contribution in [-0.2, 0) is 19.6 Å². The number of carbonyl (C=O) groups excluding carboxylic acids is 1. The van der Waals surface area contributed by atoms with E-state index in [1.807, 2.05) is 32.0 Å². The number of nitrogens with zero attached hydrogens (tertiary/aromatic N) is 4. The molecule has 1 fully saturated rings. The van der Waals surface area contributed by atoms with E-state index >= 15 is 0 Å². The van der Waals surface area contributed by atoms with Crippen molar-refractivity contribution in [3.63, 3.8) is 0 Å². The van der Waals surface area contributed by atoms with Crippen LogP contribution in [0.1, 0.15) is 38.3 Å². The van der Waals surface area contributed by atoms with Gasteiger partial charge in [0.15, 0.2) is 5.03 Å². The predicted molar refractivity (Wildman–Crippen MR) is 154 cm³/mol. The monoisotopic (exact) mass is 598 g/mol. The quantitative estimate of drug-likeness (QED) is 0.360. The van der Waals surface area contributed by atoms with Crippen LogP contribution in [0.4, 0.5) is 16.6 Å². The fourth-order valence-electron chi connectivity index (χ4n) is 4.59. The van der Waals surface area contributed by atoms with Gasteiger partial charge in [-0.2, -0.15) is 13.4 Å². The molecule has 0 saturated carbocycles. The number of piperidine rings is 1. The van der Waals surface area contributed by atoms with Gasteiger partial charge in [-0.15, -0.1) is 0 Å². The van der Waals surface area contributed by atoms with Crippen molar-refractivity contribution in [1.82, 2.24) is 19.9 Å². The SMILES string of the molecule is Cc1cccc(C)c1-c1cc(OC2CC(C(=O)O)CN(C(=O)OC(C)(C)C)C2)nc(NS(=O)(=O)c2cccc(N)n2)n1. The Labute approximate surface area is 244 Å². The van der Waals surface area contributed by atoms with Gasteiger partial charge in [0.05, 0.1) is 18.2 Å². The summed E-state index contributed by atoms with van der Waals surface area (Å²) in [6.07, 6.45) is -1.36. The molecule has 0 bridgehead atoms. The van der Waals surface area contributed by atoms with Gasteiger partial charge in [0, 0.05) is 24.6 Å². The number of amides is 1. The fraction of sp³-hybridized carbons (Fsp3) is 0.393. The number of nitrogens with two attached hydrogens (primary N) is 1. The summed E-state index contributed by atoms with van der Waals surface area (Å²) in [6.45, 7) is 8.93. The highest BCUT2D eigenvalue weighted by molar-refractivity contribution is 7.92. The Bertz CT molecular complexity index is 1590. The van der Waals surface area contributed by atoms with Crippen LogP contribution in [0.25, 0.3) is 11.3 Å². The van der Waals surface area contributed by atoms with Crippen LogP contribution in [0.2, 0.25) is 0 Å². The van der Waals surface area contributed by atoms with Crippen molar-refractivity contribution in [2.24, 2.45) is 5.92 Å². The molecule has 4 rings (SSSR count). The molecule has 1 saturated heterocycles. The first kappa shape index (κ1) is 30.5. The van der Waals surface area contributed by atoms with Gasteiger partial charge < -0.3 is 25.2 Å². The first-order valence-electron chi connectivity index (χ1n) is 13.2. The minimum atomic E-state index is -4.23. The second-order valence-electron chi connectivity index (χ2n) is 11.1. The van der Waals surface area contributed by atoms with E-state index in [0.717, 1.165) is 16.7 Å². The first-order valence-corrected chi connectivity index (χ1v) is 14.7. The van der Waals surface area contributed by atoms with Gasteiger partial charge in [0.2, 0.25) is 11.8 Å². The molecule has 42 heavy (non-hydrogen) atoms. The number of aryl methyl sites for hydroxylation is 2. The largest absolute Gasteiger partial charge is 0.481 e. The Hall–Kier alpha value is -4.46. The van der Waals surface area contributed by atoms with Crippen molar-refractivity contribution in [2.45, 2.75) is 57.8 Å². The predicted octanol–water partition coefficient (Wildman–Crippen LogP) is 3.63. The molecule has 1 aromatic carbocycles. The number of carbonyl (C=O) groups is 2. The van der Waals surface area contributed by atoms with Gasteiger partial charge in [0.1, 0.15) is 17.5 Å². The lowest BCUT2D eigenvalue weighted by atomic mass is 9.96. The molecule has 13 nitrogen and oxygen atoms in total. The van der Waals surface area contributed by atoms with E-state index in [-0.39, 0.29) is 42.2 Å². The van der Waals surface area contributed by atoms with Gasteiger partial charge in [0.25, 0.3) is 10.0 Å². The molecule has 2 unspecified atom stereocenters. The lowest BCUT2D eigenvalue weighted by Crippen LogP contribution is -2.51. The van der Waals surface area contributed by atoms with Crippen molar-refractivity contribution < 1.29 is 32.6 Å². The molecule has 1 aliphatic heterocycles. The molecule has 3 heterocycles. The number of anilines is 2. The van der Waals surface area contributed by atoms with Crippen LogP contribution in [0.3, 0.4) is 0 Å². The molecule has 2 atom stereocenters. The minimum Gasteiger partial charge on any atom is -0.481 e. The smallest absolute Gasteiger partial charge is 0.410 e. The zero-order valence-corrected chi connectivity index (χ0v) is 24.8. The van der Waals surface area contributed by atoms with Gasteiger partial charge in [-0.3, -0.25) is 4.79 Å². The molecular weight excluding hydrogens is 564 g/mol. The number of hydrogen-bond donors (Lipinski definition) is 3. The van der Waals surface area contributed by atoms with Crippen LogP contribution >= 0.6 is 0 Å². The van der Waals surface area contributed by atoms with Crippen LogP contribution in [0.15, 0.2) is 47.5 Å². The van der Waals surface area contributed by atoms with Crippen LogP contribution < -0.4 is 15.2 Å². The Morgan fingerprint density at radius 1 is 1.05 bits per heavy atom. The molecule has 2 aromatic heterocycles. The van der Waals surface area contributed by atoms with E-state index in [2.05, 4.69) is 19.7 Å². The number of benzene rings is 1. The number of carboxylic acid groups (broad SMARTS) is 1. The molecular formula is C28H34N6O7S. The maximum Gasteiger partial charge on any atom is 0.410 e. The highest BCUT2D eigenvalue weighted by Crippen LogP contribution is 2.31. The molecule has 4 N–H and O–H groups in total. The number of rotatable bonds is 7. The number of carboxylic acids is 1. The maximum absolute atomic E-state index is 13.1. The minimum absolute atomic E-state index is 0.0129.